The van der Waals surface area contributed by atoms with Crippen molar-refractivity contribution in [3.63, 3.8) is 0 Å². The van der Waals surface area contributed by atoms with Crippen molar-refractivity contribution in [1.82, 2.24) is 25.5 Å². The Balaban J connectivity index is 1.42. The Labute approximate surface area is 191 Å². The Bertz CT molecular complexity index is 959. The van der Waals surface area contributed by atoms with Crippen LogP contribution in [0.2, 0.25) is 10.0 Å². The number of nitrogens with one attached hydrogen (secondary N) is 3. The van der Waals surface area contributed by atoms with E-state index in [4.69, 9.17) is 23.2 Å². The van der Waals surface area contributed by atoms with Crippen LogP contribution in [0.15, 0.2) is 24.4 Å². The molecule has 166 valence electrons. The molecule has 4 N–H and O–H groups in total. The molecule has 0 saturated carbocycles. The van der Waals surface area contributed by atoms with Gasteiger partial charge in [0.2, 0.25) is 5.95 Å². The number of benzene rings is 1. The van der Waals surface area contributed by atoms with Crippen LogP contribution in [0.5, 0.6) is 0 Å². The topological polar surface area (TPSA) is 102 Å². The lowest BCUT2D eigenvalue weighted by molar-refractivity contribution is 0.187. The van der Waals surface area contributed by atoms with Crippen LogP contribution >= 0.6 is 23.2 Å². The molecule has 1 aromatic heterocycles. The van der Waals surface area contributed by atoms with Crippen molar-refractivity contribution in [1.29, 1.82) is 0 Å². The number of anilines is 1. The Morgan fingerprint density at radius 2 is 2.19 bits per heavy atom. The van der Waals surface area contributed by atoms with Crippen LogP contribution in [-0.2, 0) is 13.0 Å². The molecule has 3 unspecified atom stereocenters. The molecule has 0 spiro atoms. The molecule has 1 aromatic carbocycles. The third-order valence-electron chi connectivity index (χ3n) is 5.78. The van der Waals surface area contributed by atoms with Crippen molar-refractivity contribution in [2.24, 2.45) is 0 Å². The number of aliphatic hydroxyl groups is 1. The second-order valence-electron chi connectivity index (χ2n) is 8.06. The summed E-state index contributed by atoms with van der Waals surface area (Å²) in [4.78, 5) is 23.7. The second-order valence-corrected chi connectivity index (χ2v) is 8.87. The number of aromatic nitrogens is 2. The van der Waals surface area contributed by atoms with Crippen LogP contribution in [0.1, 0.15) is 29.7 Å². The van der Waals surface area contributed by atoms with E-state index >= 15 is 0 Å². The van der Waals surface area contributed by atoms with Gasteiger partial charge in [-0.25, -0.2) is 14.8 Å². The van der Waals surface area contributed by atoms with Gasteiger partial charge in [0.05, 0.1) is 34.9 Å². The van der Waals surface area contributed by atoms with Gasteiger partial charge in [-0.05, 0) is 36.6 Å². The van der Waals surface area contributed by atoms with Gasteiger partial charge in [-0.3, -0.25) is 0 Å². The molecule has 31 heavy (non-hydrogen) atoms. The molecule has 2 aromatic rings. The predicted molar refractivity (Wildman–Crippen MR) is 121 cm³/mol. The molecule has 1 fully saturated rings. The molecule has 8 nitrogen and oxygen atoms in total. The summed E-state index contributed by atoms with van der Waals surface area (Å²) in [6.45, 7) is 4.32. The van der Waals surface area contributed by atoms with Gasteiger partial charge in [-0.2, -0.15) is 0 Å². The van der Waals surface area contributed by atoms with Crippen LogP contribution < -0.4 is 16.0 Å². The maximum Gasteiger partial charge on any atom is 0.318 e. The number of aliphatic hydroxyl groups excluding tert-OH is 1. The minimum atomic E-state index is -0.144. The van der Waals surface area contributed by atoms with E-state index in [-0.39, 0.29) is 30.6 Å². The third kappa shape index (κ3) is 5.03. The van der Waals surface area contributed by atoms with Crippen molar-refractivity contribution < 1.29 is 9.90 Å². The van der Waals surface area contributed by atoms with Gasteiger partial charge in [-0.15, -0.1) is 0 Å². The summed E-state index contributed by atoms with van der Waals surface area (Å²) in [6, 6.07) is 5.33. The van der Waals surface area contributed by atoms with E-state index in [0.29, 0.717) is 42.0 Å². The van der Waals surface area contributed by atoms with E-state index in [1.54, 1.807) is 17.2 Å². The lowest BCUT2D eigenvalue weighted by Crippen LogP contribution is -2.48. The average molecular weight is 465 g/mol. The van der Waals surface area contributed by atoms with Gasteiger partial charge in [0.1, 0.15) is 0 Å². The highest BCUT2D eigenvalue weighted by Gasteiger charge is 2.32. The lowest BCUT2D eigenvalue weighted by atomic mass is 9.94. The van der Waals surface area contributed by atoms with Crippen molar-refractivity contribution >= 4 is 35.2 Å². The number of urea groups is 1. The number of hydrogen-bond donors (Lipinski definition) is 4. The maximum atomic E-state index is 13.0. The van der Waals surface area contributed by atoms with E-state index in [0.717, 1.165) is 23.4 Å². The van der Waals surface area contributed by atoms with Gasteiger partial charge in [0.25, 0.3) is 0 Å². The number of rotatable bonds is 5. The highest BCUT2D eigenvalue weighted by Crippen LogP contribution is 2.30. The zero-order valence-electron chi connectivity index (χ0n) is 17.2. The third-order valence-corrected chi connectivity index (χ3v) is 6.52. The summed E-state index contributed by atoms with van der Waals surface area (Å²) in [6.07, 6.45) is 2.50. The highest BCUT2D eigenvalue weighted by atomic mass is 35.5. The molecule has 2 aliphatic heterocycles. The number of amides is 2. The molecule has 2 aliphatic rings. The van der Waals surface area contributed by atoms with Gasteiger partial charge < -0.3 is 26.0 Å². The first-order chi connectivity index (χ1) is 14.9. The maximum absolute atomic E-state index is 13.0. The van der Waals surface area contributed by atoms with E-state index in [1.807, 2.05) is 19.1 Å². The first-order valence-electron chi connectivity index (χ1n) is 10.4. The predicted octanol–water partition coefficient (Wildman–Crippen LogP) is 2.40. The highest BCUT2D eigenvalue weighted by molar-refractivity contribution is 6.42. The molecular formula is C21H26Cl2N6O2. The van der Waals surface area contributed by atoms with Gasteiger partial charge in [0.15, 0.2) is 0 Å². The number of halogens is 2. The monoisotopic (exact) mass is 464 g/mol. The fourth-order valence-electron chi connectivity index (χ4n) is 3.99. The zero-order chi connectivity index (χ0) is 22.0. The molecule has 0 aliphatic carbocycles. The Morgan fingerprint density at radius 1 is 1.35 bits per heavy atom. The lowest BCUT2D eigenvalue weighted by Gasteiger charge is -2.30. The standard InChI is InChI=1S/C21H26Cl2N6O2/c1-12(11-30)26-20-25-7-14-4-5-29(10-19(14)27-20)21(31)28-18-9-24-8-15(18)13-2-3-16(22)17(23)6-13/h2-3,6-7,12,15,18,24,30H,4-5,8-11H2,1H3,(H,28,31)(H,25,26,27). The molecule has 2 amide bonds. The second kappa shape index (κ2) is 9.56. The minimum absolute atomic E-state index is 0.00953. The normalized spacial score (nSPS) is 21.5. The van der Waals surface area contributed by atoms with Crippen molar-refractivity contribution in [3.05, 3.63) is 51.3 Å². The summed E-state index contributed by atoms with van der Waals surface area (Å²) in [5.41, 5.74) is 2.92. The van der Waals surface area contributed by atoms with E-state index < -0.39 is 0 Å². The summed E-state index contributed by atoms with van der Waals surface area (Å²) >= 11 is 12.2. The molecule has 10 heteroatoms. The Kier molecular flexibility index (Phi) is 6.81. The average Bonchev–Trinajstić information content (AvgIpc) is 3.23. The van der Waals surface area contributed by atoms with Crippen molar-refractivity contribution in [2.45, 2.75) is 37.9 Å². The van der Waals surface area contributed by atoms with E-state index in [1.165, 1.54) is 0 Å². The first-order valence-corrected chi connectivity index (χ1v) is 11.1. The molecule has 0 radical (unpaired) electrons. The van der Waals surface area contributed by atoms with Crippen molar-refractivity contribution in [3.8, 4) is 0 Å². The fourth-order valence-corrected chi connectivity index (χ4v) is 4.29. The number of carbonyl (C=O) groups is 1. The van der Waals surface area contributed by atoms with E-state index in [9.17, 15) is 9.90 Å². The van der Waals surface area contributed by atoms with Crippen LogP contribution in [0.25, 0.3) is 0 Å². The quantitative estimate of drug-likeness (QED) is 0.541. The van der Waals surface area contributed by atoms with Crippen molar-refractivity contribution in [2.75, 3.05) is 31.6 Å². The van der Waals surface area contributed by atoms with Crippen LogP contribution in [0.4, 0.5) is 10.7 Å². The fraction of sp³-hybridized carbons (Fsp3) is 0.476. The minimum Gasteiger partial charge on any atom is -0.394 e. The Morgan fingerprint density at radius 3 is 2.97 bits per heavy atom. The molecule has 3 heterocycles. The smallest absolute Gasteiger partial charge is 0.318 e. The summed E-state index contributed by atoms with van der Waals surface area (Å²) in [7, 11) is 0. The summed E-state index contributed by atoms with van der Waals surface area (Å²) in [5.74, 6) is 0.580. The summed E-state index contributed by atoms with van der Waals surface area (Å²) in [5, 5.41) is 19.8. The molecule has 1 saturated heterocycles. The largest absolute Gasteiger partial charge is 0.394 e. The molecule has 4 rings (SSSR count). The molecular weight excluding hydrogens is 439 g/mol. The molecule has 0 bridgehead atoms. The number of hydrogen-bond acceptors (Lipinski definition) is 6. The number of carbonyl (C=O) groups excluding carboxylic acids is 1. The summed E-state index contributed by atoms with van der Waals surface area (Å²) < 4.78 is 0. The Hall–Kier alpha value is -2.13. The number of nitrogens with zero attached hydrogens (tertiary/aromatic N) is 3. The molecule has 3 atom stereocenters. The SMILES string of the molecule is CC(CO)Nc1ncc2c(n1)CN(C(=O)NC1CNCC1c1ccc(Cl)c(Cl)c1)CC2. The van der Waals surface area contributed by atoms with Gasteiger partial charge in [-0.1, -0.05) is 29.3 Å². The first kappa shape index (κ1) is 22.1. The van der Waals surface area contributed by atoms with Crippen LogP contribution in [0, 0.1) is 0 Å². The zero-order valence-corrected chi connectivity index (χ0v) is 18.7. The van der Waals surface area contributed by atoms with Gasteiger partial charge >= 0.3 is 6.03 Å². The van der Waals surface area contributed by atoms with Crippen LogP contribution in [0.3, 0.4) is 0 Å². The van der Waals surface area contributed by atoms with Gasteiger partial charge in [0, 0.05) is 37.8 Å². The van der Waals surface area contributed by atoms with Crippen LogP contribution in [-0.4, -0.2) is 64.3 Å². The van der Waals surface area contributed by atoms with E-state index in [2.05, 4.69) is 25.9 Å². The number of fused-ring (bicyclic) bond motifs is 1.